The number of benzene rings is 1. The zero-order chi connectivity index (χ0) is 16.2. The van der Waals surface area contributed by atoms with E-state index < -0.39 is 0 Å². The number of methoxy groups -OCH3 is 1. The van der Waals surface area contributed by atoms with Gasteiger partial charge in [-0.15, -0.1) is 5.10 Å². The highest BCUT2D eigenvalue weighted by atomic mass is 32.1. The summed E-state index contributed by atoms with van der Waals surface area (Å²) in [5.41, 5.74) is 1.49. The Balaban J connectivity index is 1.82. The molecule has 0 unspecified atom stereocenters. The standard InChI is InChI=1S/C16H20N4O2S/c1-3-19-7-9-20(10-8-19)16(21)15-14(17-18-23-15)12-5-4-6-13(11-12)22-2/h4-6,11H,3,7-10H2,1-2H3. The maximum Gasteiger partial charge on any atom is 0.267 e. The number of carbonyl (C=O) groups excluding carboxylic acids is 1. The predicted octanol–water partition coefficient (Wildman–Crippen LogP) is 1.99. The molecule has 7 heteroatoms. The predicted molar refractivity (Wildman–Crippen MR) is 89.9 cm³/mol. The molecule has 0 spiro atoms. The van der Waals surface area contributed by atoms with Crippen molar-refractivity contribution in [1.82, 2.24) is 19.4 Å². The van der Waals surface area contributed by atoms with E-state index in [0.717, 1.165) is 55.6 Å². The normalized spacial score (nSPS) is 15.7. The summed E-state index contributed by atoms with van der Waals surface area (Å²) in [4.78, 5) is 17.7. The lowest BCUT2D eigenvalue weighted by molar-refractivity contribution is 0.0648. The lowest BCUT2D eigenvalue weighted by atomic mass is 10.1. The molecule has 1 aromatic heterocycles. The Bertz CT molecular complexity index is 680. The Morgan fingerprint density at radius 2 is 2.09 bits per heavy atom. The third-order valence-corrected chi connectivity index (χ3v) is 4.85. The fourth-order valence-corrected chi connectivity index (χ4v) is 3.36. The van der Waals surface area contributed by atoms with Crippen molar-refractivity contribution in [3.05, 3.63) is 29.1 Å². The van der Waals surface area contributed by atoms with E-state index in [2.05, 4.69) is 21.4 Å². The molecule has 0 N–H and O–H groups in total. The van der Waals surface area contributed by atoms with Gasteiger partial charge in [-0.2, -0.15) is 0 Å². The molecule has 0 atom stereocenters. The molecule has 0 radical (unpaired) electrons. The number of rotatable bonds is 4. The van der Waals surface area contributed by atoms with Gasteiger partial charge in [-0.3, -0.25) is 4.79 Å². The fourth-order valence-electron chi connectivity index (χ4n) is 2.70. The number of aromatic nitrogens is 2. The molecule has 23 heavy (non-hydrogen) atoms. The van der Waals surface area contributed by atoms with Crippen LogP contribution < -0.4 is 4.74 Å². The quantitative estimate of drug-likeness (QED) is 0.857. The van der Waals surface area contributed by atoms with Gasteiger partial charge in [0.25, 0.3) is 5.91 Å². The second-order valence-electron chi connectivity index (χ2n) is 5.41. The Labute approximate surface area is 139 Å². The minimum absolute atomic E-state index is 0.0218. The minimum atomic E-state index is 0.0218. The monoisotopic (exact) mass is 332 g/mol. The molecular formula is C16H20N4O2S. The van der Waals surface area contributed by atoms with Crippen LogP contribution in [0, 0.1) is 0 Å². The van der Waals surface area contributed by atoms with Gasteiger partial charge in [0.15, 0.2) is 0 Å². The molecule has 1 saturated heterocycles. The highest BCUT2D eigenvalue weighted by molar-refractivity contribution is 7.08. The zero-order valence-electron chi connectivity index (χ0n) is 13.4. The maximum absolute atomic E-state index is 12.8. The molecule has 1 aromatic carbocycles. The van der Waals surface area contributed by atoms with Crippen molar-refractivity contribution in [3.8, 4) is 17.0 Å². The van der Waals surface area contributed by atoms with Crippen molar-refractivity contribution in [1.29, 1.82) is 0 Å². The summed E-state index contributed by atoms with van der Waals surface area (Å²) in [5.74, 6) is 0.763. The molecule has 0 saturated carbocycles. The third-order valence-electron chi connectivity index (χ3n) is 4.13. The van der Waals surface area contributed by atoms with Gasteiger partial charge in [-0.05, 0) is 30.2 Å². The first-order valence-electron chi connectivity index (χ1n) is 7.71. The van der Waals surface area contributed by atoms with Crippen LogP contribution >= 0.6 is 11.5 Å². The first kappa shape index (κ1) is 15.9. The van der Waals surface area contributed by atoms with Crippen molar-refractivity contribution in [3.63, 3.8) is 0 Å². The van der Waals surface area contributed by atoms with Crippen LogP contribution in [0.5, 0.6) is 5.75 Å². The van der Waals surface area contributed by atoms with Gasteiger partial charge in [0, 0.05) is 31.7 Å². The van der Waals surface area contributed by atoms with Crippen LogP contribution in [-0.2, 0) is 0 Å². The highest BCUT2D eigenvalue weighted by Crippen LogP contribution is 2.28. The maximum atomic E-state index is 12.8. The van der Waals surface area contributed by atoms with Crippen LogP contribution in [0.3, 0.4) is 0 Å². The van der Waals surface area contributed by atoms with Crippen LogP contribution in [0.1, 0.15) is 16.6 Å². The lowest BCUT2D eigenvalue weighted by Gasteiger charge is -2.33. The summed E-state index contributed by atoms with van der Waals surface area (Å²) < 4.78 is 9.24. The summed E-state index contributed by atoms with van der Waals surface area (Å²) in [6, 6.07) is 7.56. The number of nitrogens with zero attached hydrogens (tertiary/aromatic N) is 4. The van der Waals surface area contributed by atoms with Gasteiger partial charge >= 0.3 is 0 Å². The van der Waals surface area contributed by atoms with Crippen molar-refractivity contribution < 1.29 is 9.53 Å². The number of hydrogen-bond donors (Lipinski definition) is 0. The second kappa shape index (κ2) is 7.06. The SMILES string of the molecule is CCN1CCN(C(=O)c2snnc2-c2cccc(OC)c2)CC1. The smallest absolute Gasteiger partial charge is 0.267 e. The molecule has 1 aliphatic rings. The Hall–Kier alpha value is -1.99. The molecule has 2 heterocycles. The molecule has 1 aliphatic heterocycles. The summed E-state index contributed by atoms with van der Waals surface area (Å²) in [5, 5.41) is 4.16. The molecule has 3 rings (SSSR count). The topological polar surface area (TPSA) is 58.6 Å². The van der Waals surface area contributed by atoms with E-state index in [-0.39, 0.29) is 5.91 Å². The van der Waals surface area contributed by atoms with E-state index >= 15 is 0 Å². The number of ether oxygens (including phenoxy) is 1. The van der Waals surface area contributed by atoms with E-state index in [1.807, 2.05) is 29.2 Å². The number of hydrogen-bond acceptors (Lipinski definition) is 6. The number of carbonyl (C=O) groups is 1. The Morgan fingerprint density at radius 1 is 1.30 bits per heavy atom. The third kappa shape index (κ3) is 3.35. The molecule has 2 aromatic rings. The molecule has 1 amide bonds. The number of piperazine rings is 1. The zero-order valence-corrected chi connectivity index (χ0v) is 14.2. The van der Waals surface area contributed by atoms with Crippen LogP contribution in [0.2, 0.25) is 0 Å². The second-order valence-corrected chi connectivity index (χ2v) is 6.16. The first-order valence-corrected chi connectivity index (χ1v) is 8.48. The molecule has 0 aliphatic carbocycles. The van der Waals surface area contributed by atoms with Gasteiger partial charge in [0.05, 0.1) is 7.11 Å². The van der Waals surface area contributed by atoms with E-state index in [1.54, 1.807) is 7.11 Å². The summed E-state index contributed by atoms with van der Waals surface area (Å²) in [6.45, 7) is 6.51. The fraction of sp³-hybridized carbons (Fsp3) is 0.438. The van der Waals surface area contributed by atoms with Gasteiger partial charge in [-0.1, -0.05) is 23.5 Å². The average Bonchev–Trinajstić information content (AvgIpc) is 3.11. The Morgan fingerprint density at radius 3 is 2.78 bits per heavy atom. The molecule has 6 nitrogen and oxygen atoms in total. The van der Waals surface area contributed by atoms with Gasteiger partial charge in [0.2, 0.25) is 0 Å². The lowest BCUT2D eigenvalue weighted by Crippen LogP contribution is -2.48. The minimum Gasteiger partial charge on any atom is -0.497 e. The van der Waals surface area contributed by atoms with Crippen LogP contribution in [-0.4, -0.2) is 65.1 Å². The molecule has 1 fully saturated rings. The van der Waals surface area contributed by atoms with E-state index in [1.165, 1.54) is 0 Å². The molecular weight excluding hydrogens is 312 g/mol. The van der Waals surface area contributed by atoms with Gasteiger partial charge in [-0.25, -0.2) is 0 Å². The van der Waals surface area contributed by atoms with E-state index in [0.29, 0.717) is 10.6 Å². The number of amides is 1. The van der Waals surface area contributed by atoms with Crippen molar-refractivity contribution in [2.45, 2.75) is 6.92 Å². The van der Waals surface area contributed by atoms with Crippen LogP contribution in [0.4, 0.5) is 0 Å². The van der Waals surface area contributed by atoms with E-state index in [9.17, 15) is 4.79 Å². The summed E-state index contributed by atoms with van der Waals surface area (Å²) in [7, 11) is 1.62. The summed E-state index contributed by atoms with van der Waals surface area (Å²) >= 11 is 1.16. The van der Waals surface area contributed by atoms with Gasteiger partial charge in [0.1, 0.15) is 16.3 Å². The highest BCUT2D eigenvalue weighted by Gasteiger charge is 2.26. The number of likely N-dealkylation sites (N-methyl/N-ethyl adjacent to an activating group) is 1. The largest absolute Gasteiger partial charge is 0.497 e. The van der Waals surface area contributed by atoms with E-state index in [4.69, 9.17) is 4.74 Å². The molecule has 0 bridgehead atoms. The molecule has 122 valence electrons. The first-order chi connectivity index (χ1) is 11.2. The Kier molecular flexibility index (Phi) is 4.88. The van der Waals surface area contributed by atoms with Crippen molar-refractivity contribution >= 4 is 17.4 Å². The van der Waals surface area contributed by atoms with Gasteiger partial charge < -0.3 is 14.5 Å². The van der Waals surface area contributed by atoms with Crippen molar-refractivity contribution in [2.75, 3.05) is 39.8 Å². The summed E-state index contributed by atoms with van der Waals surface area (Å²) in [6.07, 6.45) is 0. The van der Waals surface area contributed by atoms with Crippen LogP contribution in [0.25, 0.3) is 11.3 Å². The van der Waals surface area contributed by atoms with Crippen molar-refractivity contribution in [2.24, 2.45) is 0 Å². The average molecular weight is 332 g/mol. The van der Waals surface area contributed by atoms with Crippen LogP contribution in [0.15, 0.2) is 24.3 Å².